The molecule has 1 aliphatic carbocycles. The molecule has 1 fully saturated rings. The molecule has 0 atom stereocenters. The summed E-state index contributed by atoms with van der Waals surface area (Å²) in [6.45, 7) is 7.19. The molecule has 0 bridgehead atoms. The lowest BCUT2D eigenvalue weighted by molar-refractivity contribution is 0.233. The van der Waals surface area contributed by atoms with E-state index in [2.05, 4.69) is 22.2 Å². The molecule has 3 N–H and O–H groups in total. The first-order chi connectivity index (χ1) is 8.50. The number of nitrogen functional groups attached to an aromatic ring is 1. The maximum absolute atomic E-state index is 5.87. The molecule has 4 nitrogen and oxygen atoms in total. The Hall–Kier alpha value is -1.32. The Bertz CT molecular complexity index is 422. The van der Waals surface area contributed by atoms with Crippen molar-refractivity contribution < 1.29 is 0 Å². The van der Waals surface area contributed by atoms with Crippen molar-refractivity contribution in [3.05, 3.63) is 11.4 Å². The van der Waals surface area contributed by atoms with E-state index >= 15 is 0 Å². The summed E-state index contributed by atoms with van der Waals surface area (Å²) >= 11 is 0. The van der Waals surface area contributed by atoms with E-state index in [1.54, 1.807) is 0 Å². The molecule has 100 valence electrons. The van der Waals surface area contributed by atoms with Crippen LogP contribution in [0.15, 0.2) is 0 Å². The number of nitrogens with one attached hydrogen (secondary N) is 1. The molecule has 0 amide bonds. The van der Waals surface area contributed by atoms with Gasteiger partial charge in [0.2, 0.25) is 0 Å². The lowest BCUT2D eigenvalue weighted by Gasteiger charge is -2.34. The van der Waals surface area contributed by atoms with Gasteiger partial charge < -0.3 is 11.1 Å². The highest BCUT2D eigenvalue weighted by atomic mass is 15.1. The standard InChI is InChI=1S/C14H24N4/c1-10-12(15)17-11(2)18-13(10)16-9-14(3)7-5-4-6-8-14/h4-9H2,1-3H3,(H3,15,16,17,18). The highest BCUT2D eigenvalue weighted by molar-refractivity contribution is 5.54. The van der Waals surface area contributed by atoms with Crippen LogP contribution in [0.25, 0.3) is 0 Å². The van der Waals surface area contributed by atoms with E-state index < -0.39 is 0 Å². The molecular formula is C14H24N4. The van der Waals surface area contributed by atoms with E-state index in [1.165, 1.54) is 32.1 Å². The van der Waals surface area contributed by atoms with Crippen LogP contribution in [-0.2, 0) is 0 Å². The number of nitrogens with zero attached hydrogens (tertiary/aromatic N) is 2. The molecule has 0 spiro atoms. The molecule has 1 aromatic rings. The average Bonchev–Trinajstić information content (AvgIpc) is 2.33. The van der Waals surface area contributed by atoms with Gasteiger partial charge in [0.05, 0.1) is 0 Å². The quantitative estimate of drug-likeness (QED) is 0.863. The van der Waals surface area contributed by atoms with Crippen molar-refractivity contribution in [2.45, 2.75) is 52.9 Å². The number of anilines is 2. The Morgan fingerprint density at radius 3 is 2.50 bits per heavy atom. The van der Waals surface area contributed by atoms with E-state index in [1.807, 2.05) is 13.8 Å². The number of aromatic nitrogens is 2. The Labute approximate surface area is 109 Å². The molecule has 1 aliphatic rings. The highest BCUT2D eigenvalue weighted by Gasteiger charge is 2.26. The normalized spacial score (nSPS) is 18.6. The summed E-state index contributed by atoms with van der Waals surface area (Å²) in [5.74, 6) is 2.21. The lowest BCUT2D eigenvalue weighted by atomic mass is 9.76. The third-order valence-electron chi connectivity index (χ3n) is 4.04. The third kappa shape index (κ3) is 2.92. The summed E-state index contributed by atoms with van der Waals surface area (Å²) in [6, 6.07) is 0. The van der Waals surface area contributed by atoms with Crippen LogP contribution in [-0.4, -0.2) is 16.5 Å². The molecule has 0 aliphatic heterocycles. The van der Waals surface area contributed by atoms with E-state index in [0.29, 0.717) is 11.2 Å². The number of hydrogen-bond donors (Lipinski definition) is 2. The van der Waals surface area contributed by atoms with Gasteiger partial charge in [-0.25, -0.2) is 9.97 Å². The number of hydrogen-bond acceptors (Lipinski definition) is 4. The summed E-state index contributed by atoms with van der Waals surface area (Å²) in [6.07, 6.45) is 6.69. The van der Waals surface area contributed by atoms with Gasteiger partial charge in [0.25, 0.3) is 0 Å². The fourth-order valence-corrected chi connectivity index (χ4v) is 2.70. The maximum atomic E-state index is 5.87. The van der Waals surface area contributed by atoms with Gasteiger partial charge in [-0.15, -0.1) is 0 Å². The molecule has 0 unspecified atom stereocenters. The van der Waals surface area contributed by atoms with Crippen LogP contribution in [0.2, 0.25) is 0 Å². The largest absolute Gasteiger partial charge is 0.383 e. The monoisotopic (exact) mass is 248 g/mol. The second kappa shape index (κ2) is 5.12. The van der Waals surface area contributed by atoms with Crippen LogP contribution >= 0.6 is 0 Å². The van der Waals surface area contributed by atoms with Gasteiger partial charge in [0.1, 0.15) is 17.5 Å². The maximum Gasteiger partial charge on any atom is 0.134 e. The zero-order chi connectivity index (χ0) is 13.2. The lowest BCUT2D eigenvalue weighted by Crippen LogP contribution is -2.29. The van der Waals surface area contributed by atoms with Gasteiger partial charge in [-0.3, -0.25) is 0 Å². The molecule has 1 aromatic heterocycles. The second-order valence-corrected chi connectivity index (χ2v) is 5.85. The summed E-state index contributed by atoms with van der Waals surface area (Å²) in [7, 11) is 0. The summed E-state index contributed by atoms with van der Waals surface area (Å²) < 4.78 is 0. The molecule has 0 saturated heterocycles. The zero-order valence-corrected chi connectivity index (χ0v) is 11.7. The van der Waals surface area contributed by atoms with Crippen molar-refractivity contribution in [2.75, 3.05) is 17.6 Å². The van der Waals surface area contributed by atoms with Crippen molar-refractivity contribution in [1.29, 1.82) is 0 Å². The summed E-state index contributed by atoms with van der Waals surface area (Å²) in [4.78, 5) is 8.62. The minimum atomic E-state index is 0.401. The van der Waals surface area contributed by atoms with Crippen LogP contribution < -0.4 is 11.1 Å². The smallest absolute Gasteiger partial charge is 0.134 e. The Kier molecular flexibility index (Phi) is 3.73. The van der Waals surface area contributed by atoms with Crippen molar-refractivity contribution >= 4 is 11.6 Å². The van der Waals surface area contributed by atoms with Crippen molar-refractivity contribution in [3.8, 4) is 0 Å². The van der Waals surface area contributed by atoms with Gasteiger partial charge in [-0.2, -0.15) is 0 Å². The van der Waals surface area contributed by atoms with E-state index in [0.717, 1.165) is 23.8 Å². The highest BCUT2D eigenvalue weighted by Crippen LogP contribution is 2.35. The van der Waals surface area contributed by atoms with Crippen molar-refractivity contribution in [1.82, 2.24) is 9.97 Å². The fraction of sp³-hybridized carbons (Fsp3) is 0.714. The first-order valence-electron chi connectivity index (χ1n) is 6.85. The molecule has 18 heavy (non-hydrogen) atoms. The number of rotatable bonds is 3. The van der Waals surface area contributed by atoms with E-state index in [-0.39, 0.29) is 0 Å². The van der Waals surface area contributed by atoms with Crippen LogP contribution in [0.4, 0.5) is 11.6 Å². The van der Waals surface area contributed by atoms with Crippen LogP contribution in [0.3, 0.4) is 0 Å². The zero-order valence-electron chi connectivity index (χ0n) is 11.7. The molecule has 2 rings (SSSR count). The molecule has 4 heteroatoms. The molecule has 0 radical (unpaired) electrons. The van der Waals surface area contributed by atoms with Gasteiger partial charge in [-0.1, -0.05) is 26.2 Å². The predicted octanol–water partition coefficient (Wildman–Crippen LogP) is 3.06. The number of nitrogens with two attached hydrogens (primary N) is 1. The number of aryl methyl sites for hydroxylation is 1. The van der Waals surface area contributed by atoms with E-state index in [9.17, 15) is 0 Å². The van der Waals surface area contributed by atoms with Gasteiger partial charge >= 0.3 is 0 Å². The van der Waals surface area contributed by atoms with Gasteiger partial charge in [0.15, 0.2) is 0 Å². The van der Waals surface area contributed by atoms with Crippen molar-refractivity contribution in [2.24, 2.45) is 5.41 Å². The summed E-state index contributed by atoms with van der Waals surface area (Å²) in [5.41, 5.74) is 7.23. The van der Waals surface area contributed by atoms with Crippen LogP contribution in [0.5, 0.6) is 0 Å². The molecule has 0 aromatic carbocycles. The minimum Gasteiger partial charge on any atom is -0.383 e. The molecule has 1 saturated carbocycles. The second-order valence-electron chi connectivity index (χ2n) is 5.85. The Balaban J connectivity index is 2.05. The topological polar surface area (TPSA) is 63.8 Å². The van der Waals surface area contributed by atoms with Crippen LogP contribution in [0, 0.1) is 19.3 Å². The van der Waals surface area contributed by atoms with Gasteiger partial charge in [-0.05, 0) is 32.1 Å². The first-order valence-corrected chi connectivity index (χ1v) is 6.85. The first kappa shape index (κ1) is 13.1. The SMILES string of the molecule is Cc1nc(N)c(C)c(NCC2(C)CCCCC2)n1. The Morgan fingerprint density at radius 2 is 1.83 bits per heavy atom. The van der Waals surface area contributed by atoms with Crippen LogP contribution in [0.1, 0.15) is 50.4 Å². The average molecular weight is 248 g/mol. The van der Waals surface area contributed by atoms with Crippen molar-refractivity contribution in [3.63, 3.8) is 0 Å². The third-order valence-corrected chi connectivity index (χ3v) is 4.04. The van der Waals surface area contributed by atoms with E-state index in [4.69, 9.17) is 5.73 Å². The summed E-state index contributed by atoms with van der Waals surface area (Å²) in [5, 5.41) is 3.47. The predicted molar refractivity (Wildman–Crippen MR) is 75.6 cm³/mol. The molecular weight excluding hydrogens is 224 g/mol. The molecule has 1 heterocycles. The minimum absolute atomic E-state index is 0.401. The van der Waals surface area contributed by atoms with Gasteiger partial charge in [0, 0.05) is 12.1 Å². The fourth-order valence-electron chi connectivity index (χ4n) is 2.70. The Morgan fingerprint density at radius 1 is 1.17 bits per heavy atom.